The fourth-order valence-electron chi connectivity index (χ4n) is 1.77. The van der Waals surface area contributed by atoms with Gasteiger partial charge in [0.15, 0.2) is 0 Å². The molecule has 0 fully saturated rings. The molecule has 0 saturated heterocycles. The smallest absolute Gasteiger partial charge is 0.262 e. The number of hydrogen-bond donors (Lipinski definition) is 1. The summed E-state index contributed by atoms with van der Waals surface area (Å²) in [6.45, 7) is 0.376. The molecule has 0 aliphatic carbocycles. The van der Waals surface area contributed by atoms with Crippen LogP contribution in [0.3, 0.4) is 0 Å². The monoisotopic (exact) mass is 296 g/mol. The Morgan fingerprint density at radius 3 is 2.48 bits per heavy atom. The van der Waals surface area contributed by atoms with Crippen LogP contribution in [0.2, 0.25) is 5.02 Å². The maximum atomic E-state index is 12.0. The van der Waals surface area contributed by atoms with Gasteiger partial charge in [-0.15, -0.1) is 0 Å². The molecule has 1 amide bonds. The summed E-state index contributed by atoms with van der Waals surface area (Å²) in [6.07, 6.45) is 1.49. The zero-order valence-corrected chi connectivity index (χ0v) is 12.0. The second kappa shape index (κ2) is 7.28. The highest BCUT2D eigenvalue weighted by atomic mass is 35.5. The summed E-state index contributed by atoms with van der Waals surface area (Å²) in [7, 11) is 0. The van der Waals surface area contributed by atoms with Crippen LogP contribution in [0.15, 0.2) is 60.2 Å². The summed E-state index contributed by atoms with van der Waals surface area (Å²) in [5, 5.41) is 12.3. The van der Waals surface area contributed by atoms with Crippen LogP contribution in [0.25, 0.3) is 6.08 Å². The Morgan fingerprint density at radius 2 is 1.81 bits per heavy atom. The average Bonchev–Trinajstić information content (AvgIpc) is 2.53. The maximum absolute atomic E-state index is 12.0. The van der Waals surface area contributed by atoms with Gasteiger partial charge in [-0.3, -0.25) is 4.79 Å². The number of carbonyl (C=O) groups is 1. The molecule has 0 aromatic heterocycles. The highest BCUT2D eigenvalue weighted by Gasteiger charge is 2.09. The standard InChI is InChI=1S/C17H13ClN2O/c18-16-9-5-4-8-14(16)10-15(11-19)17(21)20-12-13-6-2-1-3-7-13/h1-10H,12H2,(H,20,21)/b15-10-. The zero-order valence-electron chi connectivity index (χ0n) is 11.2. The Morgan fingerprint density at radius 1 is 1.14 bits per heavy atom. The van der Waals surface area contributed by atoms with E-state index in [2.05, 4.69) is 5.32 Å². The van der Waals surface area contributed by atoms with Crippen molar-refractivity contribution in [1.82, 2.24) is 5.32 Å². The third kappa shape index (κ3) is 4.20. The molecule has 2 aromatic carbocycles. The quantitative estimate of drug-likeness (QED) is 0.693. The molecule has 0 radical (unpaired) electrons. The molecular weight excluding hydrogens is 284 g/mol. The first-order chi connectivity index (χ1) is 10.2. The number of hydrogen-bond acceptors (Lipinski definition) is 2. The van der Waals surface area contributed by atoms with Crippen molar-refractivity contribution in [2.24, 2.45) is 0 Å². The molecule has 3 nitrogen and oxygen atoms in total. The van der Waals surface area contributed by atoms with Crippen LogP contribution in [0.1, 0.15) is 11.1 Å². The molecule has 2 aromatic rings. The van der Waals surface area contributed by atoms with E-state index in [1.165, 1.54) is 6.08 Å². The third-order valence-electron chi connectivity index (χ3n) is 2.87. The highest BCUT2D eigenvalue weighted by molar-refractivity contribution is 6.32. The lowest BCUT2D eigenvalue weighted by Crippen LogP contribution is -2.23. The molecule has 1 N–H and O–H groups in total. The van der Waals surface area contributed by atoms with Gasteiger partial charge in [0.05, 0.1) is 0 Å². The van der Waals surface area contributed by atoms with Gasteiger partial charge in [-0.2, -0.15) is 5.26 Å². The first-order valence-corrected chi connectivity index (χ1v) is 6.77. The van der Waals surface area contributed by atoms with Gasteiger partial charge in [0.25, 0.3) is 5.91 Å². The van der Waals surface area contributed by atoms with Gasteiger partial charge in [-0.05, 0) is 23.3 Å². The summed E-state index contributed by atoms with van der Waals surface area (Å²) in [5.41, 5.74) is 1.64. The molecule has 0 heterocycles. The van der Waals surface area contributed by atoms with E-state index in [1.54, 1.807) is 24.3 Å². The number of amides is 1. The van der Waals surface area contributed by atoms with E-state index in [0.717, 1.165) is 5.56 Å². The Bertz CT molecular complexity index is 702. The van der Waals surface area contributed by atoms with Gasteiger partial charge in [-0.1, -0.05) is 60.1 Å². The summed E-state index contributed by atoms with van der Waals surface area (Å²) in [4.78, 5) is 12.0. The molecule has 0 spiro atoms. The van der Waals surface area contributed by atoms with Crippen molar-refractivity contribution >= 4 is 23.6 Å². The number of nitriles is 1. The predicted molar refractivity (Wildman–Crippen MR) is 83.3 cm³/mol. The van der Waals surface area contributed by atoms with Crippen molar-refractivity contribution < 1.29 is 4.79 Å². The van der Waals surface area contributed by atoms with Crippen molar-refractivity contribution in [3.63, 3.8) is 0 Å². The SMILES string of the molecule is N#C/C(=C/c1ccccc1Cl)C(=O)NCc1ccccc1. The molecule has 104 valence electrons. The van der Waals surface area contributed by atoms with Crippen molar-refractivity contribution in [1.29, 1.82) is 5.26 Å². The number of rotatable bonds is 4. The summed E-state index contributed by atoms with van der Waals surface area (Å²) in [6, 6.07) is 18.5. The lowest BCUT2D eigenvalue weighted by atomic mass is 10.1. The number of halogens is 1. The number of carbonyl (C=O) groups excluding carboxylic acids is 1. The second-order valence-corrected chi connectivity index (χ2v) is 4.77. The zero-order chi connectivity index (χ0) is 15.1. The van der Waals surface area contributed by atoms with Crippen molar-refractivity contribution in [3.05, 3.63) is 76.3 Å². The Hall–Kier alpha value is -2.57. The molecule has 0 saturated carbocycles. The van der Waals surface area contributed by atoms with Gasteiger partial charge in [0, 0.05) is 11.6 Å². The molecule has 2 rings (SSSR count). The minimum Gasteiger partial charge on any atom is -0.347 e. The van der Waals surface area contributed by atoms with Gasteiger partial charge in [-0.25, -0.2) is 0 Å². The average molecular weight is 297 g/mol. The predicted octanol–water partition coefficient (Wildman–Crippen LogP) is 3.56. The van der Waals surface area contributed by atoms with Crippen LogP contribution in [0.4, 0.5) is 0 Å². The van der Waals surface area contributed by atoms with Gasteiger partial charge >= 0.3 is 0 Å². The molecule has 0 unspecified atom stereocenters. The fraction of sp³-hybridized carbons (Fsp3) is 0.0588. The van der Waals surface area contributed by atoms with E-state index < -0.39 is 5.91 Å². The lowest BCUT2D eigenvalue weighted by Gasteiger charge is -2.05. The normalized spacial score (nSPS) is 10.8. The van der Waals surface area contributed by atoms with E-state index >= 15 is 0 Å². The lowest BCUT2D eigenvalue weighted by molar-refractivity contribution is -0.117. The summed E-state index contributed by atoms with van der Waals surface area (Å²) < 4.78 is 0. The largest absolute Gasteiger partial charge is 0.347 e. The molecular formula is C17H13ClN2O. The van der Waals surface area contributed by atoms with Crippen LogP contribution < -0.4 is 5.32 Å². The highest BCUT2D eigenvalue weighted by Crippen LogP contribution is 2.18. The minimum atomic E-state index is -0.415. The van der Waals surface area contributed by atoms with E-state index in [0.29, 0.717) is 17.1 Å². The van der Waals surface area contributed by atoms with Gasteiger partial charge in [0.2, 0.25) is 0 Å². The minimum absolute atomic E-state index is 0.0269. The van der Waals surface area contributed by atoms with Crippen LogP contribution in [-0.4, -0.2) is 5.91 Å². The maximum Gasteiger partial charge on any atom is 0.262 e. The fourth-order valence-corrected chi connectivity index (χ4v) is 1.96. The van der Waals surface area contributed by atoms with Gasteiger partial charge < -0.3 is 5.32 Å². The molecule has 21 heavy (non-hydrogen) atoms. The number of nitrogens with zero attached hydrogens (tertiary/aromatic N) is 1. The summed E-state index contributed by atoms with van der Waals surface area (Å²) >= 11 is 6.02. The van der Waals surface area contributed by atoms with E-state index in [1.807, 2.05) is 36.4 Å². The van der Waals surface area contributed by atoms with Crippen molar-refractivity contribution in [3.8, 4) is 6.07 Å². The van der Waals surface area contributed by atoms with Crippen LogP contribution >= 0.6 is 11.6 Å². The van der Waals surface area contributed by atoms with Crippen LogP contribution in [0.5, 0.6) is 0 Å². The topological polar surface area (TPSA) is 52.9 Å². The van der Waals surface area contributed by atoms with E-state index in [-0.39, 0.29) is 5.57 Å². The number of benzene rings is 2. The third-order valence-corrected chi connectivity index (χ3v) is 3.21. The van der Waals surface area contributed by atoms with Crippen LogP contribution in [0, 0.1) is 11.3 Å². The Balaban J connectivity index is 2.09. The van der Waals surface area contributed by atoms with E-state index in [9.17, 15) is 4.79 Å². The van der Waals surface area contributed by atoms with Crippen LogP contribution in [-0.2, 0) is 11.3 Å². The van der Waals surface area contributed by atoms with E-state index in [4.69, 9.17) is 16.9 Å². The molecule has 0 aliphatic heterocycles. The van der Waals surface area contributed by atoms with Gasteiger partial charge in [0.1, 0.15) is 11.6 Å². The first kappa shape index (κ1) is 14.8. The molecule has 4 heteroatoms. The Labute approximate surface area is 128 Å². The number of nitrogens with one attached hydrogen (secondary N) is 1. The molecule has 0 atom stereocenters. The molecule has 0 aliphatic rings. The Kier molecular flexibility index (Phi) is 5.14. The van der Waals surface area contributed by atoms with Crippen molar-refractivity contribution in [2.75, 3.05) is 0 Å². The molecule has 0 bridgehead atoms. The first-order valence-electron chi connectivity index (χ1n) is 6.39. The second-order valence-electron chi connectivity index (χ2n) is 4.36. The van der Waals surface area contributed by atoms with Crippen molar-refractivity contribution in [2.45, 2.75) is 6.54 Å². The summed E-state index contributed by atoms with van der Waals surface area (Å²) in [5.74, 6) is -0.415.